The molecule has 6 nitrogen and oxygen atoms in total. The molecule has 0 radical (unpaired) electrons. The van der Waals surface area contributed by atoms with Crippen LogP contribution in [-0.4, -0.2) is 35.9 Å². The van der Waals surface area contributed by atoms with Gasteiger partial charge in [-0.1, -0.05) is 6.07 Å². The highest BCUT2D eigenvalue weighted by Crippen LogP contribution is 2.24. The molecule has 2 amide bonds. The van der Waals surface area contributed by atoms with Crippen LogP contribution in [0.3, 0.4) is 0 Å². The minimum Gasteiger partial charge on any atom is -0.406 e. The topological polar surface area (TPSA) is 79.8 Å². The summed E-state index contributed by atoms with van der Waals surface area (Å²) in [6, 6.07) is 8.47. The molecule has 1 heterocycles. The molecule has 2 aromatic rings. The number of rotatable bonds is 8. The number of carbonyl (C=O) groups excluding carboxylic acids is 2. The normalized spacial score (nSPS) is 11.4. The number of thioether (sulfide) groups is 1. The number of hydrogen-bond donors (Lipinski definition) is 2. The Bertz CT molecular complexity index is 778. The predicted octanol–water partition coefficient (Wildman–Crippen LogP) is 3.47. The van der Waals surface area contributed by atoms with E-state index in [0.29, 0.717) is 5.69 Å². The van der Waals surface area contributed by atoms with Crippen molar-refractivity contribution >= 4 is 46.8 Å². The molecular weight excluding hydrogens is 403 g/mol. The van der Waals surface area contributed by atoms with Gasteiger partial charge in [0.2, 0.25) is 11.8 Å². The third-order valence-electron chi connectivity index (χ3n) is 2.76. The minimum absolute atomic E-state index is 0.00284. The molecule has 2 rings (SSSR count). The van der Waals surface area contributed by atoms with E-state index >= 15 is 0 Å². The Labute approximate surface area is 160 Å². The molecule has 0 saturated heterocycles. The van der Waals surface area contributed by atoms with E-state index in [1.165, 1.54) is 29.7 Å². The quantitative estimate of drug-likeness (QED) is 0.509. The number of amides is 2. The van der Waals surface area contributed by atoms with Crippen molar-refractivity contribution in [1.29, 1.82) is 0 Å². The van der Waals surface area contributed by atoms with Gasteiger partial charge in [-0.15, -0.1) is 36.3 Å². The number of hydrogen-bond acceptors (Lipinski definition) is 6. The van der Waals surface area contributed by atoms with Crippen molar-refractivity contribution in [3.63, 3.8) is 0 Å². The highest BCUT2D eigenvalue weighted by atomic mass is 32.2. The smallest absolute Gasteiger partial charge is 0.406 e. The van der Waals surface area contributed by atoms with Crippen LogP contribution in [0, 0.1) is 0 Å². The zero-order chi connectivity index (χ0) is 19.7. The van der Waals surface area contributed by atoms with Crippen molar-refractivity contribution in [2.75, 3.05) is 16.8 Å². The number of carbonyl (C=O) groups is 2. The summed E-state index contributed by atoms with van der Waals surface area (Å²) in [4.78, 5) is 24.3. The summed E-state index contributed by atoms with van der Waals surface area (Å²) in [7, 11) is 0. The first-order valence-corrected chi connectivity index (χ1v) is 9.44. The Morgan fingerprint density at radius 2 is 1.85 bits per heavy atom. The second-order valence-corrected chi connectivity index (χ2v) is 6.89. The predicted molar refractivity (Wildman–Crippen MR) is 99.1 cm³/mol. The molecule has 27 heavy (non-hydrogen) atoms. The van der Waals surface area contributed by atoms with Crippen LogP contribution in [0.2, 0.25) is 0 Å². The van der Waals surface area contributed by atoms with Crippen LogP contribution in [0.15, 0.2) is 46.9 Å². The highest BCUT2D eigenvalue weighted by Gasteiger charge is 2.30. The van der Waals surface area contributed by atoms with Gasteiger partial charge in [0.05, 0.1) is 17.7 Å². The largest absolute Gasteiger partial charge is 0.573 e. The lowest BCUT2D eigenvalue weighted by Crippen LogP contribution is -2.21. The van der Waals surface area contributed by atoms with Crippen LogP contribution in [0.4, 0.5) is 18.9 Å². The molecule has 1 aromatic carbocycles. The van der Waals surface area contributed by atoms with Crippen molar-refractivity contribution in [3.8, 4) is 5.75 Å². The minimum atomic E-state index is -4.77. The van der Waals surface area contributed by atoms with E-state index in [0.717, 1.165) is 28.8 Å². The Morgan fingerprint density at radius 3 is 2.48 bits per heavy atom. The summed E-state index contributed by atoms with van der Waals surface area (Å²) in [6.07, 6.45) is -3.25. The van der Waals surface area contributed by atoms with Crippen molar-refractivity contribution in [2.45, 2.75) is 6.36 Å². The molecule has 0 atom stereocenters. The summed E-state index contributed by atoms with van der Waals surface area (Å²) in [5.74, 6) is -1.08. The van der Waals surface area contributed by atoms with Crippen LogP contribution in [0.5, 0.6) is 5.75 Å². The van der Waals surface area contributed by atoms with E-state index in [-0.39, 0.29) is 29.1 Å². The first-order valence-electron chi connectivity index (χ1n) is 7.40. The number of nitrogens with one attached hydrogen (secondary N) is 2. The first kappa shape index (κ1) is 20.8. The summed E-state index contributed by atoms with van der Waals surface area (Å²) < 4.78 is 39.9. The summed E-state index contributed by atoms with van der Waals surface area (Å²) in [5.41, 5.74) is 2.67. The zero-order valence-electron chi connectivity index (χ0n) is 13.7. The maximum atomic E-state index is 12.1. The second kappa shape index (κ2) is 9.97. The maximum Gasteiger partial charge on any atom is 0.573 e. The molecule has 0 aliphatic carbocycles. The van der Waals surface area contributed by atoms with Crippen LogP contribution in [-0.2, 0) is 9.59 Å². The lowest BCUT2D eigenvalue weighted by Gasteiger charge is -2.09. The molecule has 1 aromatic heterocycles. The fourth-order valence-electron chi connectivity index (χ4n) is 1.74. The molecule has 0 spiro atoms. The summed E-state index contributed by atoms with van der Waals surface area (Å²) in [5, 5.41) is 8.19. The number of nitrogens with zero attached hydrogens (tertiary/aromatic N) is 1. The average molecular weight is 417 g/mol. The number of thiophene rings is 1. The van der Waals surface area contributed by atoms with Gasteiger partial charge in [-0.05, 0) is 35.7 Å². The molecule has 144 valence electrons. The molecule has 0 unspecified atom stereocenters. The number of alkyl halides is 3. The Balaban J connectivity index is 1.66. The average Bonchev–Trinajstić information content (AvgIpc) is 3.09. The number of halogens is 3. The fourth-order valence-corrected chi connectivity index (χ4v) is 2.93. The summed E-state index contributed by atoms with van der Waals surface area (Å²) in [6.45, 7) is 0. The molecule has 0 bridgehead atoms. The standard InChI is InChI=1S/C16H14F3N3O3S2/c17-16(18,19)25-12-5-3-11(4-6-12)21-14(23)9-26-10-15(24)22-20-8-13-2-1-7-27-13/h1-8H,9-10H2,(H,21,23)(H,22,24)/b20-8-. The lowest BCUT2D eigenvalue weighted by atomic mass is 10.3. The monoisotopic (exact) mass is 417 g/mol. The van der Waals surface area contributed by atoms with Crippen LogP contribution in [0.1, 0.15) is 4.88 Å². The molecular formula is C16H14F3N3O3S2. The van der Waals surface area contributed by atoms with Gasteiger partial charge in [0, 0.05) is 10.6 Å². The molecule has 11 heteroatoms. The van der Waals surface area contributed by atoms with E-state index in [1.54, 1.807) is 0 Å². The van der Waals surface area contributed by atoms with Gasteiger partial charge in [0.15, 0.2) is 0 Å². The van der Waals surface area contributed by atoms with E-state index in [1.807, 2.05) is 17.5 Å². The van der Waals surface area contributed by atoms with Gasteiger partial charge in [-0.3, -0.25) is 9.59 Å². The van der Waals surface area contributed by atoms with Gasteiger partial charge in [0.25, 0.3) is 0 Å². The summed E-state index contributed by atoms with van der Waals surface area (Å²) >= 11 is 2.56. The first-order chi connectivity index (χ1) is 12.8. The number of ether oxygens (including phenoxy) is 1. The van der Waals surface area contributed by atoms with Gasteiger partial charge >= 0.3 is 6.36 Å². The van der Waals surface area contributed by atoms with Gasteiger partial charge in [-0.25, -0.2) is 5.43 Å². The van der Waals surface area contributed by atoms with Crippen molar-refractivity contribution in [1.82, 2.24) is 5.43 Å². The second-order valence-electron chi connectivity index (χ2n) is 4.92. The maximum absolute atomic E-state index is 12.1. The van der Waals surface area contributed by atoms with Crippen LogP contribution < -0.4 is 15.5 Å². The molecule has 0 aliphatic rings. The lowest BCUT2D eigenvalue weighted by molar-refractivity contribution is -0.274. The van der Waals surface area contributed by atoms with Gasteiger partial charge in [-0.2, -0.15) is 5.10 Å². The van der Waals surface area contributed by atoms with Crippen molar-refractivity contribution in [3.05, 3.63) is 46.7 Å². The van der Waals surface area contributed by atoms with Crippen molar-refractivity contribution < 1.29 is 27.5 Å². The zero-order valence-corrected chi connectivity index (χ0v) is 15.3. The van der Waals surface area contributed by atoms with Gasteiger partial charge in [0.1, 0.15) is 5.75 Å². The number of benzene rings is 1. The molecule has 0 fully saturated rings. The van der Waals surface area contributed by atoms with E-state index in [4.69, 9.17) is 0 Å². The highest BCUT2D eigenvalue weighted by molar-refractivity contribution is 8.00. The van der Waals surface area contributed by atoms with E-state index in [9.17, 15) is 22.8 Å². The fraction of sp³-hybridized carbons (Fsp3) is 0.188. The number of anilines is 1. The van der Waals surface area contributed by atoms with E-state index in [2.05, 4.69) is 20.6 Å². The van der Waals surface area contributed by atoms with Crippen molar-refractivity contribution in [2.24, 2.45) is 5.10 Å². The van der Waals surface area contributed by atoms with E-state index < -0.39 is 6.36 Å². The SMILES string of the molecule is O=C(CSCC(=O)Nc1ccc(OC(F)(F)F)cc1)N/N=C\c1cccs1. The Kier molecular flexibility index (Phi) is 7.67. The molecule has 0 saturated carbocycles. The van der Waals surface area contributed by atoms with Gasteiger partial charge < -0.3 is 10.1 Å². The molecule has 2 N–H and O–H groups in total. The third kappa shape index (κ3) is 8.60. The third-order valence-corrected chi connectivity index (χ3v) is 4.50. The Hall–Kier alpha value is -2.53. The Morgan fingerprint density at radius 1 is 1.15 bits per heavy atom. The molecule has 0 aliphatic heterocycles. The van der Waals surface area contributed by atoms with Crippen LogP contribution in [0.25, 0.3) is 0 Å². The number of hydrazone groups is 1. The van der Waals surface area contributed by atoms with Crippen LogP contribution >= 0.6 is 23.1 Å².